The van der Waals surface area contributed by atoms with Gasteiger partial charge < -0.3 is 9.84 Å². The molecule has 5 nitrogen and oxygen atoms in total. The third-order valence-electron chi connectivity index (χ3n) is 2.70. The molecule has 6 heteroatoms. The quantitative estimate of drug-likeness (QED) is 0.829. The van der Waals surface area contributed by atoms with Crippen molar-refractivity contribution in [2.45, 2.75) is 19.9 Å². The summed E-state index contributed by atoms with van der Waals surface area (Å²) in [4.78, 5) is 10.6. The predicted molar refractivity (Wildman–Crippen MR) is 75.7 cm³/mol. The van der Waals surface area contributed by atoms with Crippen LogP contribution >= 0.6 is 0 Å². The van der Waals surface area contributed by atoms with Crippen LogP contribution in [0.3, 0.4) is 0 Å². The maximum absolute atomic E-state index is 13.8. The van der Waals surface area contributed by atoms with Crippen molar-refractivity contribution in [2.75, 3.05) is 0 Å². The summed E-state index contributed by atoms with van der Waals surface area (Å²) < 4.78 is 21.1. The number of carboxylic acids is 1. The molecule has 0 saturated heterocycles. The van der Waals surface area contributed by atoms with Crippen molar-refractivity contribution in [1.29, 1.82) is 0 Å². The summed E-state index contributed by atoms with van der Waals surface area (Å²) in [5.74, 6) is -0.992. The Hall–Kier alpha value is -2.63. The lowest BCUT2D eigenvalue weighted by Gasteiger charge is -2.07. The fourth-order valence-corrected chi connectivity index (χ4v) is 1.80. The summed E-state index contributed by atoms with van der Waals surface area (Å²) in [5, 5.41) is 12.8. The maximum atomic E-state index is 13.8. The molecule has 0 atom stereocenters. The van der Waals surface area contributed by atoms with Gasteiger partial charge in [-0.25, -0.2) is 9.18 Å². The van der Waals surface area contributed by atoms with Crippen molar-refractivity contribution in [3.63, 3.8) is 0 Å². The average Bonchev–Trinajstić information content (AvgIpc) is 2.86. The molecule has 110 valence electrons. The van der Waals surface area contributed by atoms with E-state index in [1.807, 2.05) is 6.92 Å². The van der Waals surface area contributed by atoms with Crippen LogP contribution in [0.25, 0.3) is 6.08 Å². The zero-order chi connectivity index (χ0) is 15.2. The van der Waals surface area contributed by atoms with Crippen molar-refractivity contribution in [3.05, 3.63) is 48.0 Å². The second kappa shape index (κ2) is 6.69. The first-order valence-corrected chi connectivity index (χ1v) is 6.50. The largest absolute Gasteiger partial charge is 0.478 e. The molecule has 0 bridgehead atoms. The van der Waals surface area contributed by atoms with Gasteiger partial charge in [-0.15, -0.1) is 0 Å². The van der Waals surface area contributed by atoms with Crippen molar-refractivity contribution < 1.29 is 19.0 Å². The van der Waals surface area contributed by atoms with Gasteiger partial charge in [0.05, 0.1) is 18.0 Å². The van der Waals surface area contributed by atoms with Crippen molar-refractivity contribution in [2.24, 2.45) is 0 Å². The molecule has 0 fully saturated rings. The number of carbonyl (C=O) groups is 1. The van der Waals surface area contributed by atoms with Crippen molar-refractivity contribution in [3.8, 4) is 11.5 Å². The zero-order valence-electron chi connectivity index (χ0n) is 11.5. The molecule has 0 amide bonds. The standard InChI is InChI=1S/C15H15FN2O3/c1-2-8-18-10-11(9-17-18)21-14-5-3-4-13(16)12(14)6-7-15(19)20/h3-7,9-10H,2,8H2,1H3,(H,19,20)/b7-6+. The summed E-state index contributed by atoms with van der Waals surface area (Å²) in [7, 11) is 0. The van der Waals surface area contributed by atoms with Gasteiger partial charge in [-0.3, -0.25) is 4.68 Å². The number of aryl methyl sites for hydroxylation is 1. The number of benzene rings is 1. The number of ether oxygens (including phenoxy) is 1. The summed E-state index contributed by atoms with van der Waals surface area (Å²) in [5.41, 5.74) is 0.0862. The van der Waals surface area contributed by atoms with E-state index in [1.165, 1.54) is 24.4 Å². The number of aliphatic carboxylic acids is 1. The first kappa shape index (κ1) is 14.8. The van der Waals surface area contributed by atoms with E-state index >= 15 is 0 Å². The number of halogens is 1. The highest BCUT2D eigenvalue weighted by Crippen LogP contribution is 2.28. The second-order valence-corrected chi connectivity index (χ2v) is 4.36. The molecule has 0 spiro atoms. The lowest BCUT2D eigenvalue weighted by molar-refractivity contribution is -0.131. The Bertz CT molecular complexity index is 665. The summed E-state index contributed by atoms with van der Waals surface area (Å²) in [6.07, 6.45) is 6.22. The smallest absolute Gasteiger partial charge is 0.328 e. The molecule has 0 aliphatic carbocycles. The highest BCUT2D eigenvalue weighted by molar-refractivity contribution is 5.86. The Morgan fingerprint density at radius 3 is 3.05 bits per heavy atom. The molecule has 1 aromatic carbocycles. The van der Waals surface area contributed by atoms with Crippen LogP contribution < -0.4 is 4.74 Å². The van der Waals surface area contributed by atoms with E-state index < -0.39 is 11.8 Å². The molecule has 0 radical (unpaired) electrons. The van der Waals surface area contributed by atoms with Crippen LogP contribution in [0, 0.1) is 5.82 Å². The molecule has 1 N–H and O–H groups in total. The Balaban J connectivity index is 2.26. The maximum Gasteiger partial charge on any atom is 0.328 e. The van der Waals surface area contributed by atoms with Gasteiger partial charge >= 0.3 is 5.97 Å². The number of aromatic nitrogens is 2. The molecule has 0 unspecified atom stereocenters. The Morgan fingerprint density at radius 2 is 2.33 bits per heavy atom. The van der Waals surface area contributed by atoms with E-state index in [0.717, 1.165) is 19.0 Å². The average molecular weight is 290 g/mol. The molecule has 0 saturated carbocycles. The fourth-order valence-electron chi connectivity index (χ4n) is 1.80. The van der Waals surface area contributed by atoms with Gasteiger partial charge in [-0.05, 0) is 24.6 Å². The Kier molecular flexibility index (Phi) is 4.71. The molecule has 2 aromatic rings. The monoisotopic (exact) mass is 290 g/mol. The number of hydrogen-bond donors (Lipinski definition) is 1. The van der Waals surface area contributed by atoms with E-state index in [-0.39, 0.29) is 11.3 Å². The van der Waals surface area contributed by atoms with E-state index in [9.17, 15) is 9.18 Å². The summed E-state index contributed by atoms with van der Waals surface area (Å²) in [6.45, 7) is 2.79. The minimum Gasteiger partial charge on any atom is -0.478 e. The van der Waals surface area contributed by atoms with Crippen molar-refractivity contribution in [1.82, 2.24) is 9.78 Å². The van der Waals surface area contributed by atoms with Gasteiger partial charge in [0.1, 0.15) is 11.6 Å². The van der Waals surface area contributed by atoms with Gasteiger partial charge in [0.2, 0.25) is 0 Å². The molecule has 1 heterocycles. The molecule has 1 aromatic heterocycles. The number of rotatable bonds is 6. The Morgan fingerprint density at radius 1 is 1.52 bits per heavy atom. The SMILES string of the molecule is CCCn1cc(Oc2cccc(F)c2/C=C/C(=O)O)cn1. The minimum absolute atomic E-state index is 0.0862. The topological polar surface area (TPSA) is 64.3 Å². The van der Waals surface area contributed by atoms with Crippen LogP contribution in [-0.4, -0.2) is 20.9 Å². The molecular formula is C15H15FN2O3. The normalized spacial score (nSPS) is 11.0. The molecular weight excluding hydrogens is 275 g/mol. The predicted octanol–water partition coefficient (Wildman–Crippen LogP) is 3.32. The lowest BCUT2D eigenvalue weighted by atomic mass is 10.1. The van der Waals surface area contributed by atoms with Gasteiger partial charge in [0.15, 0.2) is 5.75 Å². The fraction of sp³-hybridized carbons (Fsp3) is 0.200. The highest BCUT2D eigenvalue weighted by atomic mass is 19.1. The molecule has 2 rings (SSSR count). The van der Waals surface area contributed by atoms with Gasteiger partial charge in [-0.1, -0.05) is 13.0 Å². The van der Waals surface area contributed by atoms with Gasteiger partial charge in [0.25, 0.3) is 0 Å². The van der Waals surface area contributed by atoms with Crippen LogP contribution in [0.1, 0.15) is 18.9 Å². The lowest BCUT2D eigenvalue weighted by Crippen LogP contribution is -1.95. The second-order valence-electron chi connectivity index (χ2n) is 4.36. The van der Waals surface area contributed by atoms with E-state index in [1.54, 1.807) is 16.9 Å². The number of hydrogen-bond acceptors (Lipinski definition) is 3. The first-order chi connectivity index (χ1) is 10.1. The summed E-state index contributed by atoms with van der Waals surface area (Å²) >= 11 is 0. The molecule has 21 heavy (non-hydrogen) atoms. The molecule has 0 aliphatic heterocycles. The third-order valence-corrected chi connectivity index (χ3v) is 2.70. The zero-order valence-corrected chi connectivity index (χ0v) is 11.5. The van der Waals surface area contributed by atoms with Gasteiger partial charge in [0, 0.05) is 12.6 Å². The summed E-state index contributed by atoms with van der Waals surface area (Å²) in [6, 6.07) is 4.32. The van der Waals surface area contributed by atoms with Crippen LogP contribution in [0.5, 0.6) is 11.5 Å². The first-order valence-electron chi connectivity index (χ1n) is 6.50. The van der Waals surface area contributed by atoms with Crippen LogP contribution in [0.2, 0.25) is 0 Å². The van der Waals surface area contributed by atoms with Crippen LogP contribution in [-0.2, 0) is 11.3 Å². The number of nitrogens with zero attached hydrogens (tertiary/aromatic N) is 2. The third kappa shape index (κ3) is 3.92. The van der Waals surface area contributed by atoms with E-state index in [2.05, 4.69) is 5.10 Å². The van der Waals surface area contributed by atoms with Gasteiger partial charge in [-0.2, -0.15) is 5.10 Å². The molecule has 0 aliphatic rings. The van der Waals surface area contributed by atoms with Crippen LogP contribution in [0.15, 0.2) is 36.7 Å². The van der Waals surface area contributed by atoms with Crippen LogP contribution in [0.4, 0.5) is 4.39 Å². The van der Waals surface area contributed by atoms with E-state index in [0.29, 0.717) is 5.75 Å². The number of carboxylic acid groups (broad SMARTS) is 1. The van der Waals surface area contributed by atoms with E-state index in [4.69, 9.17) is 9.84 Å². The van der Waals surface area contributed by atoms with Crippen molar-refractivity contribution >= 4 is 12.0 Å². The Labute approximate surface area is 121 Å². The highest BCUT2D eigenvalue weighted by Gasteiger charge is 2.09. The minimum atomic E-state index is -1.15.